The molecule has 32 heavy (non-hydrogen) atoms. The molecule has 0 fully saturated rings. The molecule has 166 valence electrons. The Kier molecular flexibility index (Phi) is 7.36. The van der Waals surface area contributed by atoms with Crippen LogP contribution in [-0.4, -0.2) is 27.1 Å². The molecular weight excluding hydrogens is 450 g/mol. The quantitative estimate of drug-likeness (QED) is 0.473. The molecule has 0 saturated heterocycles. The van der Waals surface area contributed by atoms with Gasteiger partial charge in [0.1, 0.15) is 17.4 Å². The summed E-state index contributed by atoms with van der Waals surface area (Å²) >= 11 is 6.33. The summed E-state index contributed by atoms with van der Waals surface area (Å²) in [5.41, 5.74) is 2.76. The van der Waals surface area contributed by atoms with Gasteiger partial charge in [-0.25, -0.2) is 18.5 Å². The minimum absolute atomic E-state index is 0.0109. The minimum atomic E-state index is -3.83. The first-order chi connectivity index (χ1) is 15.3. The Hall–Kier alpha value is -3.12. The number of pyridine rings is 1. The number of sulfonamides is 1. The fourth-order valence-corrected chi connectivity index (χ4v) is 3.85. The summed E-state index contributed by atoms with van der Waals surface area (Å²) in [6.07, 6.45) is 1.77. The normalized spacial score (nSPS) is 11.1. The van der Waals surface area contributed by atoms with Gasteiger partial charge in [0.05, 0.1) is 29.3 Å². The highest BCUT2D eigenvalue weighted by molar-refractivity contribution is 7.89. The molecule has 0 amide bonds. The molecule has 0 atom stereocenters. The van der Waals surface area contributed by atoms with Crippen molar-refractivity contribution in [2.45, 2.75) is 24.7 Å². The van der Waals surface area contributed by atoms with Crippen molar-refractivity contribution >= 4 is 21.6 Å². The van der Waals surface area contributed by atoms with Gasteiger partial charge in [0.25, 0.3) is 0 Å². The zero-order chi connectivity index (χ0) is 23.3. The maximum atomic E-state index is 11.6. The first-order valence-electron chi connectivity index (χ1n) is 9.83. The molecule has 0 spiro atoms. The van der Waals surface area contributed by atoms with Gasteiger partial charge in [0, 0.05) is 11.1 Å². The van der Waals surface area contributed by atoms with Crippen molar-refractivity contribution in [1.82, 2.24) is 4.98 Å². The molecule has 2 N–H and O–H groups in total. The number of nitrogens with zero attached hydrogens (tertiary/aromatic N) is 2. The summed E-state index contributed by atoms with van der Waals surface area (Å²) in [5, 5.41) is 15.3. The second kappa shape index (κ2) is 10.0. The van der Waals surface area contributed by atoms with Crippen molar-refractivity contribution in [2.24, 2.45) is 5.14 Å². The van der Waals surface area contributed by atoms with Gasteiger partial charge in [-0.1, -0.05) is 37.1 Å². The van der Waals surface area contributed by atoms with E-state index >= 15 is 0 Å². The summed E-state index contributed by atoms with van der Waals surface area (Å²) in [6.45, 7) is 2.48. The van der Waals surface area contributed by atoms with E-state index in [0.29, 0.717) is 39.8 Å². The van der Waals surface area contributed by atoms with Crippen molar-refractivity contribution in [3.63, 3.8) is 0 Å². The standard InChI is InChI=1S/C23H22ClN3O4S/c1-3-4-11-31-23-17(14-25)12-19(15-5-8-18(9-6-15)32(26,28)29)22(27-23)16-7-10-21(30-2)20(24)13-16/h5-10,12-13H,3-4,11H2,1-2H3,(H2,26,28,29). The highest BCUT2D eigenvalue weighted by Gasteiger charge is 2.18. The Labute approximate surface area is 192 Å². The molecule has 0 aliphatic carbocycles. The lowest BCUT2D eigenvalue weighted by Gasteiger charge is -2.15. The van der Waals surface area contributed by atoms with E-state index < -0.39 is 10.0 Å². The van der Waals surface area contributed by atoms with Gasteiger partial charge in [0.15, 0.2) is 0 Å². The maximum Gasteiger partial charge on any atom is 0.238 e. The number of hydrogen-bond donors (Lipinski definition) is 1. The van der Waals surface area contributed by atoms with E-state index in [1.54, 1.807) is 36.4 Å². The first-order valence-corrected chi connectivity index (χ1v) is 11.8. The van der Waals surface area contributed by atoms with E-state index in [4.69, 9.17) is 26.2 Å². The Morgan fingerprint density at radius 3 is 2.38 bits per heavy atom. The maximum absolute atomic E-state index is 11.6. The second-order valence-electron chi connectivity index (χ2n) is 6.97. The van der Waals surface area contributed by atoms with Gasteiger partial charge in [-0.3, -0.25) is 0 Å². The highest BCUT2D eigenvalue weighted by atomic mass is 35.5. The zero-order valence-electron chi connectivity index (χ0n) is 17.6. The third kappa shape index (κ3) is 5.19. The largest absolute Gasteiger partial charge is 0.495 e. The molecule has 0 aliphatic heterocycles. The molecule has 0 radical (unpaired) electrons. The number of nitrogens with two attached hydrogens (primary N) is 1. The number of primary sulfonamides is 1. The molecule has 1 aromatic heterocycles. The number of halogens is 1. The number of unbranched alkanes of at least 4 members (excludes halogenated alkanes) is 1. The van der Waals surface area contributed by atoms with Crippen LogP contribution >= 0.6 is 11.6 Å². The van der Waals surface area contributed by atoms with Crippen molar-refractivity contribution < 1.29 is 17.9 Å². The number of nitriles is 1. The third-order valence-electron chi connectivity index (χ3n) is 4.76. The summed E-state index contributed by atoms with van der Waals surface area (Å²) in [4.78, 5) is 4.63. The van der Waals surface area contributed by atoms with E-state index in [1.807, 2.05) is 6.92 Å². The second-order valence-corrected chi connectivity index (χ2v) is 8.94. The Morgan fingerprint density at radius 2 is 1.81 bits per heavy atom. The molecule has 1 heterocycles. The van der Waals surface area contributed by atoms with Crippen LogP contribution in [0.25, 0.3) is 22.4 Å². The molecule has 2 aromatic carbocycles. The molecule has 7 nitrogen and oxygen atoms in total. The van der Waals surface area contributed by atoms with Crippen LogP contribution in [0.1, 0.15) is 25.3 Å². The summed E-state index contributed by atoms with van der Waals surface area (Å²) in [7, 11) is -2.30. The van der Waals surface area contributed by atoms with Crippen LogP contribution in [0.4, 0.5) is 0 Å². The summed E-state index contributed by atoms with van der Waals surface area (Å²) < 4.78 is 34.2. The van der Waals surface area contributed by atoms with Crippen LogP contribution in [0.5, 0.6) is 11.6 Å². The van der Waals surface area contributed by atoms with Gasteiger partial charge in [0.2, 0.25) is 15.9 Å². The minimum Gasteiger partial charge on any atom is -0.495 e. The monoisotopic (exact) mass is 471 g/mol. The number of aromatic nitrogens is 1. The SMILES string of the molecule is CCCCOc1nc(-c2ccc(OC)c(Cl)c2)c(-c2ccc(S(N)(=O)=O)cc2)cc1C#N. The van der Waals surface area contributed by atoms with E-state index in [1.165, 1.54) is 19.2 Å². The van der Waals surface area contributed by atoms with Crippen LogP contribution in [0, 0.1) is 11.3 Å². The van der Waals surface area contributed by atoms with Gasteiger partial charge >= 0.3 is 0 Å². The predicted molar refractivity (Wildman–Crippen MR) is 123 cm³/mol. The number of hydrogen-bond acceptors (Lipinski definition) is 6. The fraction of sp³-hybridized carbons (Fsp3) is 0.217. The smallest absolute Gasteiger partial charge is 0.238 e. The van der Waals surface area contributed by atoms with Crippen molar-refractivity contribution in [2.75, 3.05) is 13.7 Å². The molecule has 3 rings (SSSR count). The van der Waals surface area contributed by atoms with E-state index in [-0.39, 0.29) is 16.3 Å². The molecule has 0 unspecified atom stereocenters. The lowest BCUT2D eigenvalue weighted by Crippen LogP contribution is -2.11. The average molecular weight is 472 g/mol. The topological polar surface area (TPSA) is 115 Å². The lowest BCUT2D eigenvalue weighted by molar-refractivity contribution is 0.297. The van der Waals surface area contributed by atoms with Gasteiger partial charge in [-0.2, -0.15) is 5.26 Å². The van der Waals surface area contributed by atoms with Crippen LogP contribution in [0.3, 0.4) is 0 Å². The Bertz CT molecular complexity index is 1270. The number of methoxy groups -OCH3 is 1. The van der Waals surface area contributed by atoms with E-state index in [2.05, 4.69) is 11.1 Å². The third-order valence-corrected chi connectivity index (χ3v) is 5.99. The molecule has 0 bridgehead atoms. The van der Waals surface area contributed by atoms with Gasteiger partial charge in [-0.05, 0) is 48.4 Å². The predicted octanol–water partition coefficient (Wildman–Crippen LogP) is 4.78. The lowest BCUT2D eigenvalue weighted by atomic mass is 9.97. The number of rotatable bonds is 8. The van der Waals surface area contributed by atoms with Crippen molar-refractivity contribution in [3.8, 4) is 40.1 Å². The average Bonchev–Trinajstić information content (AvgIpc) is 2.78. The van der Waals surface area contributed by atoms with E-state index in [9.17, 15) is 13.7 Å². The molecular formula is C23H22ClN3O4S. The van der Waals surface area contributed by atoms with E-state index in [0.717, 1.165) is 12.8 Å². The van der Waals surface area contributed by atoms with Crippen LogP contribution < -0.4 is 14.6 Å². The highest BCUT2D eigenvalue weighted by Crippen LogP contribution is 2.37. The zero-order valence-corrected chi connectivity index (χ0v) is 19.2. The Balaban J connectivity index is 2.20. The van der Waals surface area contributed by atoms with Gasteiger partial charge < -0.3 is 9.47 Å². The Morgan fingerprint density at radius 1 is 1.12 bits per heavy atom. The molecule has 3 aromatic rings. The fourth-order valence-electron chi connectivity index (χ4n) is 3.08. The molecule has 0 saturated carbocycles. The first kappa shape index (κ1) is 23.5. The summed E-state index contributed by atoms with van der Waals surface area (Å²) in [6, 6.07) is 15.1. The number of benzene rings is 2. The van der Waals surface area contributed by atoms with Crippen LogP contribution in [0.2, 0.25) is 5.02 Å². The molecule has 9 heteroatoms. The number of ether oxygens (including phenoxy) is 2. The van der Waals surface area contributed by atoms with Crippen molar-refractivity contribution in [1.29, 1.82) is 5.26 Å². The molecule has 0 aliphatic rings. The summed E-state index contributed by atoms with van der Waals surface area (Å²) in [5.74, 6) is 0.746. The van der Waals surface area contributed by atoms with Crippen molar-refractivity contribution in [3.05, 3.63) is 59.1 Å². The van der Waals surface area contributed by atoms with Crippen LogP contribution in [0.15, 0.2) is 53.4 Å². The van der Waals surface area contributed by atoms with Gasteiger partial charge in [-0.15, -0.1) is 0 Å². The van der Waals surface area contributed by atoms with Crippen LogP contribution in [-0.2, 0) is 10.0 Å².